The first kappa shape index (κ1) is 21.8. The molecule has 2 N–H and O–H groups in total. The van der Waals surface area contributed by atoms with Crippen molar-refractivity contribution in [2.75, 3.05) is 30.8 Å². The Kier molecular flexibility index (Phi) is 6.77. The van der Waals surface area contributed by atoms with E-state index in [2.05, 4.69) is 21.7 Å². The van der Waals surface area contributed by atoms with Gasteiger partial charge < -0.3 is 15.5 Å². The molecule has 1 amide bonds. The van der Waals surface area contributed by atoms with Gasteiger partial charge in [0.1, 0.15) is 0 Å². The van der Waals surface area contributed by atoms with E-state index in [0.717, 1.165) is 17.7 Å². The number of amides is 1. The number of anilines is 1. The van der Waals surface area contributed by atoms with E-state index in [1.54, 1.807) is 24.0 Å². The van der Waals surface area contributed by atoms with Gasteiger partial charge in [0, 0.05) is 25.0 Å². The SMILES string of the molecule is CCNC(=NCc1ccc(S(C)(=O)=O)c(C)c1)NCC(=O)N1CCc2ccccc21. The summed E-state index contributed by atoms with van der Waals surface area (Å²) in [6.07, 6.45) is 2.08. The molecule has 1 aliphatic heterocycles. The minimum atomic E-state index is -3.24. The Bertz CT molecular complexity index is 1060. The lowest BCUT2D eigenvalue weighted by atomic mass is 10.1. The minimum Gasteiger partial charge on any atom is -0.357 e. The van der Waals surface area contributed by atoms with Crippen molar-refractivity contribution in [2.24, 2.45) is 4.99 Å². The Labute approximate surface area is 178 Å². The maximum Gasteiger partial charge on any atom is 0.246 e. The van der Waals surface area contributed by atoms with E-state index in [9.17, 15) is 13.2 Å². The van der Waals surface area contributed by atoms with Crippen LogP contribution in [0.4, 0.5) is 5.69 Å². The van der Waals surface area contributed by atoms with Crippen molar-refractivity contribution < 1.29 is 13.2 Å². The van der Waals surface area contributed by atoms with Gasteiger partial charge in [0.25, 0.3) is 0 Å². The second kappa shape index (κ2) is 9.30. The second-order valence-corrected chi connectivity index (χ2v) is 9.33. The third kappa shape index (κ3) is 5.18. The number of nitrogens with one attached hydrogen (secondary N) is 2. The van der Waals surface area contributed by atoms with Crippen LogP contribution >= 0.6 is 0 Å². The van der Waals surface area contributed by atoms with Gasteiger partial charge in [-0.3, -0.25) is 4.79 Å². The highest BCUT2D eigenvalue weighted by molar-refractivity contribution is 7.90. The van der Waals surface area contributed by atoms with Gasteiger partial charge in [-0.25, -0.2) is 13.4 Å². The molecule has 0 radical (unpaired) electrons. The third-order valence-corrected chi connectivity index (χ3v) is 6.26. The Morgan fingerprint density at radius 3 is 2.63 bits per heavy atom. The summed E-state index contributed by atoms with van der Waals surface area (Å²) in [4.78, 5) is 19.4. The molecule has 30 heavy (non-hydrogen) atoms. The van der Waals surface area contributed by atoms with Crippen LogP contribution in [0.1, 0.15) is 23.6 Å². The molecule has 0 spiro atoms. The van der Waals surface area contributed by atoms with Crippen molar-refractivity contribution in [1.82, 2.24) is 10.6 Å². The van der Waals surface area contributed by atoms with Crippen molar-refractivity contribution in [3.8, 4) is 0 Å². The average molecular weight is 429 g/mol. The summed E-state index contributed by atoms with van der Waals surface area (Å²) in [6, 6.07) is 13.2. The molecule has 7 nitrogen and oxygen atoms in total. The number of nitrogens with zero attached hydrogens (tertiary/aromatic N) is 2. The zero-order chi connectivity index (χ0) is 21.7. The van der Waals surface area contributed by atoms with Crippen molar-refractivity contribution >= 4 is 27.4 Å². The van der Waals surface area contributed by atoms with Gasteiger partial charge in [-0.2, -0.15) is 0 Å². The van der Waals surface area contributed by atoms with Crippen LogP contribution in [0.15, 0.2) is 52.4 Å². The normalized spacial score (nSPS) is 13.8. The van der Waals surface area contributed by atoms with E-state index in [0.29, 0.717) is 36.1 Å². The smallest absolute Gasteiger partial charge is 0.246 e. The minimum absolute atomic E-state index is 0.00102. The first-order valence-corrected chi connectivity index (χ1v) is 11.9. The molecular formula is C22H28N4O3S. The van der Waals surface area contributed by atoms with E-state index >= 15 is 0 Å². The van der Waals surface area contributed by atoms with Gasteiger partial charge in [0.2, 0.25) is 5.91 Å². The summed E-state index contributed by atoms with van der Waals surface area (Å²) in [5.41, 5.74) is 3.77. The van der Waals surface area contributed by atoms with Gasteiger partial charge >= 0.3 is 0 Å². The van der Waals surface area contributed by atoms with Crippen LogP contribution in [-0.2, 0) is 27.6 Å². The lowest BCUT2D eigenvalue weighted by molar-refractivity contribution is -0.117. The molecule has 0 atom stereocenters. The number of hydrogen-bond donors (Lipinski definition) is 2. The Morgan fingerprint density at radius 2 is 1.93 bits per heavy atom. The Hall–Kier alpha value is -2.87. The van der Waals surface area contributed by atoms with Crippen LogP contribution in [0.3, 0.4) is 0 Å². The Morgan fingerprint density at radius 1 is 1.17 bits per heavy atom. The molecule has 8 heteroatoms. The number of aryl methyl sites for hydroxylation is 1. The highest BCUT2D eigenvalue weighted by Crippen LogP contribution is 2.27. The number of guanidine groups is 1. The van der Waals surface area contributed by atoms with Crippen LogP contribution < -0.4 is 15.5 Å². The van der Waals surface area contributed by atoms with E-state index < -0.39 is 9.84 Å². The molecule has 2 aromatic rings. The zero-order valence-corrected chi connectivity index (χ0v) is 18.4. The second-order valence-electron chi connectivity index (χ2n) is 7.34. The van der Waals surface area contributed by atoms with Crippen molar-refractivity contribution in [1.29, 1.82) is 0 Å². The van der Waals surface area contributed by atoms with Gasteiger partial charge in [-0.05, 0) is 49.1 Å². The summed E-state index contributed by atoms with van der Waals surface area (Å²) < 4.78 is 23.5. The number of aliphatic imine (C=N–C) groups is 1. The summed E-state index contributed by atoms with van der Waals surface area (Å²) in [7, 11) is -3.24. The van der Waals surface area contributed by atoms with Gasteiger partial charge in [-0.1, -0.05) is 30.3 Å². The van der Waals surface area contributed by atoms with Crippen molar-refractivity contribution in [2.45, 2.75) is 31.7 Å². The molecule has 0 unspecified atom stereocenters. The maximum absolute atomic E-state index is 12.7. The predicted molar refractivity (Wildman–Crippen MR) is 120 cm³/mol. The van der Waals surface area contributed by atoms with Crippen LogP contribution in [-0.4, -0.2) is 46.2 Å². The van der Waals surface area contributed by atoms with E-state index in [1.807, 2.05) is 31.2 Å². The number of benzene rings is 2. The zero-order valence-electron chi connectivity index (χ0n) is 17.6. The molecule has 160 valence electrons. The summed E-state index contributed by atoms with van der Waals surface area (Å²) >= 11 is 0. The summed E-state index contributed by atoms with van der Waals surface area (Å²) in [6.45, 7) is 5.62. The summed E-state index contributed by atoms with van der Waals surface area (Å²) in [5, 5.41) is 6.24. The fourth-order valence-electron chi connectivity index (χ4n) is 3.59. The van der Waals surface area contributed by atoms with Gasteiger partial charge in [0.05, 0.1) is 18.0 Å². The molecule has 3 rings (SSSR count). The molecule has 0 saturated carbocycles. The number of rotatable bonds is 6. The van der Waals surface area contributed by atoms with Crippen molar-refractivity contribution in [3.05, 3.63) is 59.2 Å². The van der Waals surface area contributed by atoms with Crippen molar-refractivity contribution in [3.63, 3.8) is 0 Å². The third-order valence-electron chi connectivity index (χ3n) is 5.00. The van der Waals surface area contributed by atoms with Crippen LogP contribution in [0, 0.1) is 6.92 Å². The van der Waals surface area contributed by atoms with Crippen LogP contribution in [0.5, 0.6) is 0 Å². The molecule has 1 aliphatic rings. The lowest BCUT2D eigenvalue weighted by Gasteiger charge is -2.18. The van der Waals surface area contributed by atoms with Crippen LogP contribution in [0.2, 0.25) is 0 Å². The first-order chi connectivity index (χ1) is 14.3. The average Bonchev–Trinajstić information content (AvgIpc) is 3.13. The maximum atomic E-state index is 12.7. The topological polar surface area (TPSA) is 90.9 Å². The number of carbonyl (C=O) groups is 1. The highest BCUT2D eigenvalue weighted by atomic mass is 32.2. The molecular weight excluding hydrogens is 400 g/mol. The van der Waals surface area contributed by atoms with Crippen LogP contribution in [0.25, 0.3) is 0 Å². The molecule has 0 aliphatic carbocycles. The number of hydrogen-bond acceptors (Lipinski definition) is 4. The number of fused-ring (bicyclic) bond motifs is 1. The fraction of sp³-hybridized carbons (Fsp3) is 0.364. The molecule has 0 saturated heterocycles. The highest BCUT2D eigenvalue weighted by Gasteiger charge is 2.23. The summed E-state index contributed by atoms with van der Waals surface area (Å²) in [5.74, 6) is 0.544. The predicted octanol–water partition coefficient (Wildman–Crippen LogP) is 2.04. The number of carbonyl (C=O) groups excluding carboxylic acids is 1. The molecule has 0 aromatic heterocycles. The lowest BCUT2D eigenvalue weighted by Crippen LogP contribution is -2.44. The largest absolute Gasteiger partial charge is 0.357 e. The van der Waals surface area contributed by atoms with E-state index in [-0.39, 0.29) is 12.5 Å². The molecule has 1 heterocycles. The molecule has 0 bridgehead atoms. The first-order valence-electron chi connectivity index (χ1n) is 9.99. The number of sulfone groups is 1. The standard InChI is InChI=1S/C22H28N4O3S/c1-4-23-22(24-14-17-9-10-20(16(2)13-17)30(3,28)29)25-15-21(27)26-12-11-18-7-5-6-8-19(18)26/h5-10,13H,4,11-12,14-15H2,1-3H3,(H2,23,24,25). The Balaban J connectivity index is 1.64. The molecule has 0 fully saturated rings. The quantitative estimate of drug-likeness (QED) is 0.543. The van der Waals surface area contributed by atoms with Gasteiger partial charge in [0.15, 0.2) is 15.8 Å². The number of para-hydroxylation sites is 1. The van der Waals surface area contributed by atoms with Gasteiger partial charge in [-0.15, -0.1) is 0 Å². The molecule has 2 aromatic carbocycles. The van der Waals surface area contributed by atoms with E-state index in [1.165, 1.54) is 11.8 Å². The monoisotopic (exact) mass is 428 g/mol. The van der Waals surface area contributed by atoms with E-state index in [4.69, 9.17) is 0 Å². The fourth-order valence-corrected chi connectivity index (χ4v) is 4.55.